The summed E-state index contributed by atoms with van der Waals surface area (Å²) >= 11 is 0. The molecule has 0 N–H and O–H groups in total. The molecular formula is C37H25N3. The summed E-state index contributed by atoms with van der Waals surface area (Å²) in [4.78, 5) is 0. The lowest BCUT2D eigenvalue weighted by Crippen LogP contribution is -2.01. The zero-order chi connectivity index (χ0) is 26.4. The highest BCUT2D eigenvalue weighted by molar-refractivity contribution is 6.24. The number of para-hydroxylation sites is 5. The van der Waals surface area contributed by atoms with Gasteiger partial charge in [-0.05, 0) is 36.4 Å². The Bertz CT molecular complexity index is 2430. The van der Waals surface area contributed by atoms with Gasteiger partial charge in [0.1, 0.15) is 0 Å². The highest BCUT2D eigenvalue weighted by atomic mass is 15.1. The molecule has 0 spiro atoms. The molecule has 188 valence electrons. The summed E-state index contributed by atoms with van der Waals surface area (Å²) in [6, 6.07) is 48.5. The Kier molecular flexibility index (Phi) is 4.26. The highest BCUT2D eigenvalue weighted by Gasteiger charge is 2.22. The first-order valence-corrected chi connectivity index (χ1v) is 13.8. The summed E-state index contributed by atoms with van der Waals surface area (Å²) in [7, 11) is 2.19. The lowest BCUT2D eigenvalue weighted by molar-refractivity contribution is 1.00. The molecule has 0 amide bonds. The van der Waals surface area contributed by atoms with Crippen LogP contribution in [0, 0.1) is 0 Å². The van der Waals surface area contributed by atoms with Gasteiger partial charge in [-0.25, -0.2) is 0 Å². The molecule has 0 saturated heterocycles. The Hall–Kier alpha value is -5.28. The van der Waals surface area contributed by atoms with Gasteiger partial charge in [0.15, 0.2) is 0 Å². The number of rotatable bonds is 2. The van der Waals surface area contributed by atoms with Gasteiger partial charge < -0.3 is 13.7 Å². The Labute approximate surface area is 230 Å². The van der Waals surface area contributed by atoms with E-state index in [-0.39, 0.29) is 0 Å². The molecule has 3 aromatic heterocycles. The number of aromatic nitrogens is 3. The molecule has 0 fully saturated rings. The van der Waals surface area contributed by atoms with E-state index in [9.17, 15) is 0 Å². The first-order chi connectivity index (χ1) is 19.8. The molecule has 0 unspecified atom stereocenters. The molecule has 0 aliphatic heterocycles. The first-order valence-electron chi connectivity index (χ1n) is 13.8. The predicted octanol–water partition coefficient (Wildman–Crippen LogP) is 9.53. The average Bonchev–Trinajstić information content (AvgIpc) is 3.64. The van der Waals surface area contributed by atoms with Crippen LogP contribution in [0.2, 0.25) is 0 Å². The van der Waals surface area contributed by atoms with Crippen LogP contribution in [-0.2, 0) is 7.05 Å². The molecule has 0 aliphatic carbocycles. The van der Waals surface area contributed by atoms with E-state index in [4.69, 9.17) is 0 Å². The molecule has 3 nitrogen and oxygen atoms in total. The summed E-state index contributed by atoms with van der Waals surface area (Å²) in [5, 5.41) is 7.62. The van der Waals surface area contributed by atoms with Crippen molar-refractivity contribution >= 4 is 65.4 Å². The molecular weight excluding hydrogens is 486 g/mol. The lowest BCUT2D eigenvalue weighted by atomic mass is 10.1. The van der Waals surface area contributed by atoms with Gasteiger partial charge in [-0.2, -0.15) is 0 Å². The minimum absolute atomic E-state index is 1.17. The van der Waals surface area contributed by atoms with Gasteiger partial charge in [0.25, 0.3) is 0 Å². The van der Waals surface area contributed by atoms with Gasteiger partial charge in [0.05, 0.1) is 33.3 Å². The summed E-state index contributed by atoms with van der Waals surface area (Å²) in [6.07, 6.45) is 0. The Morgan fingerprint density at radius 2 is 0.825 bits per heavy atom. The number of benzene rings is 6. The first kappa shape index (κ1) is 21.6. The molecule has 0 bridgehead atoms. The lowest BCUT2D eigenvalue weighted by Gasteiger charge is -2.14. The van der Waals surface area contributed by atoms with Crippen LogP contribution in [-0.4, -0.2) is 13.7 Å². The maximum absolute atomic E-state index is 2.51. The van der Waals surface area contributed by atoms with Crippen LogP contribution >= 0.6 is 0 Å². The number of hydrogen-bond donors (Lipinski definition) is 0. The minimum atomic E-state index is 1.17. The smallest absolute Gasteiger partial charge is 0.0789 e. The SMILES string of the molecule is Cn1c2ccccc2c2cccc(-n3c4ccccc4c4ccc5c6ccccc6n(-c6ccccc6)c5c43)c21. The van der Waals surface area contributed by atoms with Gasteiger partial charge in [-0.15, -0.1) is 0 Å². The molecule has 3 heterocycles. The molecule has 3 heteroatoms. The molecule has 40 heavy (non-hydrogen) atoms. The third-order valence-electron chi connectivity index (χ3n) is 8.63. The summed E-state index contributed by atoms with van der Waals surface area (Å²) in [5.41, 5.74) is 9.75. The van der Waals surface area contributed by atoms with Crippen LogP contribution in [0.4, 0.5) is 0 Å². The number of fused-ring (bicyclic) bond motifs is 10. The van der Waals surface area contributed by atoms with Gasteiger partial charge in [0.2, 0.25) is 0 Å². The fourth-order valence-corrected chi connectivity index (χ4v) is 6.99. The maximum atomic E-state index is 2.51. The van der Waals surface area contributed by atoms with Crippen molar-refractivity contribution in [1.29, 1.82) is 0 Å². The second-order valence-electron chi connectivity index (χ2n) is 10.6. The fourth-order valence-electron chi connectivity index (χ4n) is 6.99. The molecule has 9 aromatic rings. The van der Waals surface area contributed by atoms with Crippen molar-refractivity contribution in [2.24, 2.45) is 7.05 Å². The largest absolute Gasteiger partial charge is 0.342 e. The molecule has 0 aliphatic rings. The molecule has 0 radical (unpaired) electrons. The van der Waals surface area contributed by atoms with E-state index in [2.05, 4.69) is 154 Å². The van der Waals surface area contributed by atoms with Crippen molar-refractivity contribution in [2.75, 3.05) is 0 Å². The van der Waals surface area contributed by atoms with Gasteiger partial charge in [-0.1, -0.05) is 97.1 Å². The summed E-state index contributed by atoms with van der Waals surface area (Å²) in [6.45, 7) is 0. The summed E-state index contributed by atoms with van der Waals surface area (Å²) in [5.74, 6) is 0. The van der Waals surface area contributed by atoms with Gasteiger partial charge >= 0.3 is 0 Å². The monoisotopic (exact) mass is 511 g/mol. The van der Waals surface area contributed by atoms with E-state index in [1.165, 1.54) is 76.8 Å². The number of aryl methyl sites for hydroxylation is 1. The zero-order valence-electron chi connectivity index (χ0n) is 22.0. The normalized spacial score (nSPS) is 12.1. The van der Waals surface area contributed by atoms with E-state index in [1.807, 2.05) is 0 Å². The standard InChI is InChI=1S/C37H25N3/c1-38-31-18-8-5-14-25(31)28-17-11-21-34(35(28)38)40-33-20-10-7-16-27(33)30-23-22-29-26-15-6-9-19-32(26)39(36(29)37(30)40)24-12-3-2-4-13-24/h2-23H,1H3. The van der Waals surface area contributed by atoms with Crippen molar-refractivity contribution in [3.8, 4) is 11.4 Å². The number of hydrogen-bond acceptors (Lipinski definition) is 0. The van der Waals surface area contributed by atoms with Crippen LogP contribution in [0.1, 0.15) is 0 Å². The quantitative estimate of drug-likeness (QED) is 0.219. The van der Waals surface area contributed by atoms with Crippen LogP contribution in [0.25, 0.3) is 76.8 Å². The molecule has 0 atom stereocenters. The Morgan fingerprint density at radius 3 is 1.50 bits per heavy atom. The summed E-state index contributed by atoms with van der Waals surface area (Å²) < 4.78 is 7.31. The minimum Gasteiger partial charge on any atom is -0.342 e. The average molecular weight is 512 g/mol. The molecule has 9 rings (SSSR count). The van der Waals surface area contributed by atoms with Crippen molar-refractivity contribution in [1.82, 2.24) is 13.7 Å². The third-order valence-corrected chi connectivity index (χ3v) is 8.63. The van der Waals surface area contributed by atoms with Gasteiger partial charge in [-0.3, -0.25) is 0 Å². The van der Waals surface area contributed by atoms with Gasteiger partial charge in [0, 0.05) is 50.6 Å². The maximum Gasteiger partial charge on any atom is 0.0789 e. The van der Waals surface area contributed by atoms with E-state index >= 15 is 0 Å². The van der Waals surface area contributed by atoms with Crippen LogP contribution in [0.5, 0.6) is 0 Å². The Balaban J connectivity index is 1.57. The van der Waals surface area contributed by atoms with Crippen molar-refractivity contribution < 1.29 is 0 Å². The zero-order valence-corrected chi connectivity index (χ0v) is 22.0. The van der Waals surface area contributed by atoms with E-state index in [0.29, 0.717) is 0 Å². The predicted molar refractivity (Wildman–Crippen MR) is 169 cm³/mol. The van der Waals surface area contributed by atoms with Crippen LogP contribution in [0.3, 0.4) is 0 Å². The highest BCUT2D eigenvalue weighted by Crippen LogP contribution is 2.43. The van der Waals surface area contributed by atoms with E-state index in [0.717, 1.165) is 0 Å². The van der Waals surface area contributed by atoms with E-state index in [1.54, 1.807) is 0 Å². The Morgan fingerprint density at radius 1 is 0.350 bits per heavy atom. The molecule has 6 aromatic carbocycles. The van der Waals surface area contributed by atoms with Crippen LogP contribution in [0.15, 0.2) is 133 Å². The second kappa shape index (κ2) is 7.87. The third kappa shape index (κ3) is 2.69. The van der Waals surface area contributed by atoms with Crippen molar-refractivity contribution in [3.63, 3.8) is 0 Å². The van der Waals surface area contributed by atoms with Crippen LogP contribution < -0.4 is 0 Å². The molecule has 0 saturated carbocycles. The van der Waals surface area contributed by atoms with E-state index < -0.39 is 0 Å². The van der Waals surface area contributed by atoms with Crippen molar-refractivity contribution in [2.45, 2.75) is 0 Å². The number of nitrogens with zero attached hydrogens (tertiary/aromatic N) is 3. The fraction of sp³-hybridized carbons (Fsp3) is 0.0270. The second-order valence-corrected chi connectivity index (χ2v) is 10.6. The topological polar surface area (TPSA) is 14.8 Å². The van der Waals surface area contributed by atoms with Crippen molar-refractivity contribution in [3.05, 3.63) is 133 Å².